The quantitative estimate of drug-likeness (QED) is 0.643. The summed E-state index contributed by atoms with van der Waals surface area (Å²) in [7, 11) is 3.76. The summed E-state index contributed by atoms with van der Waals surface area (Å²) in [6.45, 7) is 3.61. The number of hydrogen-bond acceptors (Lipinski definition) is 7. The van der Waals surface area contributed by atoms with Gasteiger partial charge in [0, 0.05) is 31.2 Å². The van der Waals surface area contributed by atoms with Gasteiger partial charge in [-0.3, -0.25) is 0 Å². The van der Waals surface area contributed by atoms with E-state index in [0.29, 0.717) is 22.6 Å². The maximum atomic E-state index is 6.46. The molecule has 3 aromatic rings. The highest BCUT2D eigenvalue weighted by Gasteiger charge is 2.21. The summed E-state index contributed by atoms with van der Waals surface area (Å²) in [4.78, 5) is 14.0. The van der Waals surface area contributed by atoms with Crippen LogP contribution in [-0.2, 0) is 0 Å². The number of nitrogens with zero attached hydrogens (tertiary/aromatic N) is 4. The summed E-state index contributed by atoms with van der Waals surface area (Å²) in [5.74, 6) is 2.38. The SMILES string of the molecule is COc1ccccc1Nc1nc(N2CCN(C)CC2)nc(N)c1-c1ccc(Cl)cc1. The van der Waals surface area contributed by atoms with E-state index in [1.165, 1.54) is 0 Å². The van der Waals surface area contributed by atoms with Gasteiger partial charge in [0.05, 0.1) is 18.4 Å². The maximum Gasteiger partial charge on any atom is 0.229 e. The Morgan fingerprint density at radius 3 is 2.40 bits per heavy atom. The van der Waals surface area contributed by atoms with Gasteiger partial charge in [0.25, 0.3) is 0 Å². The summed E-state index contributed by atoms with van der Waals surface area (Å²) in [6.07, 6.45) is 0. The second kappa shape index (κ2) is 8.77. The highest BCUT2D eigenvalue weighted by molar-refractivity contribution is 6.30. The highest BCUT2D eigenvalue weighted by Crippen LogP contribution is 2.37. The third-order valence-corrected chi connectivity index (χ3v) is 5.46. The lowest BCUT2D eigenvalue weighted by Gasteiger charge is -2.32. The maximum absolute atomic E-state index is 6.46. The van der Waals surface area contributed by atoms with Crippen molar-refractivity contribution in [1.82, 2.24) is 14.9 Å². The van der Waals surface area contributed by atoms with E-state index in [-0.39, 0.29) is 0 Å². The van der Waals surface area contributed by atoms with Crippen molar-refractivity contribution in [3.8, 4) is 16.9 Å². The van der Waals surface area contributed by atoms with E-state index in [0.717, 1.165) is 48.7 Å². The predicted molar refractivity (Wildman–Crippen MR) is 123 cm³/mol. The summed E-state index contributed by atoms with van der Waals surface area (Å²) >= 11 is 6.08. The number of nitrogens with two attached hydrogens (primary N) is 1. The van der Waals surface area contributed by atoms with Crippen LogP contribution < -0.4 is 20.7 Å². The minimum atomic E-state index is 0.415. The molecule has 0 spiro atoms. The number of ether oxygens (including phenoxy) is 1. The van der Waals surface area contributed by atoms with Crippen LogP contribution in [0.1, 0.15) is 0 Å². The Kier molecular flexibility index (Phi) is 5.92. The molecule has 30 heavy (non-hydrogen) atoms. The first-order chi connectivity index (χ1) is 14.5. The Morgan fingerprint density at radius 1 is 1.00 bits per heavy atom. The minimum Gasteiger partial charge on any atom is -0.495 e. The van der Waals surface area contributed by atoms with Crippen LogP contribution in [0.25, 0.3) is 11.1 Å². The van der Waals surface area contributed by atoms with Gasteiger partial charge < -0.3 is 25.6 Å². The number of aromatic nitrogens is 2. The number of nitrogen functional groups attached to an aromatic ring is 1. The van der Waals surface area contributed by atoms with E-state index in [9.17, 15) is 0 Å². The van der Waals surface area contributed by atoms with Gasteiger partial charge >= 0.3 is 0 Å². The first-order valence-corrected chi connectivity index (χ1v) is 10.2. The topological polar surface area (TPSA) is 79.5 Å². The van der Waals surface area contributed by atoms with E-state index < -0.39 is 0 Å². The average Bonchev–Trinajstić information content (AvgIpc) is 2.75. The van der Waals surface area contributed by atoms with Crippen LogP contribution in [0.4, 0.5) is 23.3 Å². The van der Waals surface area contributed by atoms with Crippen molar-refractivity contribution in [2.75, 3.05) is 56.3 Å². The number of rotatable bonds is 5. The first-order valence-electron chi connectivity index (χ1n) is 9.82. The van der Waals surface area contributed by atoms with Crippen molar-refractivity contribution in [2.45, 2.75) is 0 Å². The van der Waals surface area contributed by atoms with Crippen LogP contribution in [0.5, 0.6) is 5.75 Å². The molecule has 2 heterocycles. The summed E-state index contributed by atoms with van der Waals surface area (Å²) in [6, 6.07) is 15.2. The molecule has 1 aliphatic heterocycles. The molecular weight excluding hydrogens is 400 g/mol. The van der Waals surface area contributed by atoms with Crippen molar-refractivity contribution in [3.05, 3.63) is 53.6 Å². The van der Waals surface area contributed by atoms with Gasteiger partial charge in [-0.2, -0.15) is 9.97 Å². The molecule has 156 valence electrons. The Balaban J connectivity index is 1.79. The molecule has 8 heteroatoms. The molecule has 4 rings (SSSR count). The van der Waals surface area contributed by atoms with E-state index in [2.05, 4.69) is 27.1 Å². The number of benzene rings is 2. The van der Waals surface area contributed by atoms with E-state index in [1.54, 1.807) is 7.11 Å². The minimum absolute atomic E-state index is 0.415. The molecule has 3 N–H and O–H groups in total. The van der Waals surface area contributed by atoms with Gasteiger partial charge in [-0.1, -0.05) is 35.9 Å². The fourth-order valence-corrected chi connectivity index (χ4v) is 3.61. The first kappa shape index (κ1) is 20.3. The Bertz CT molecular complexity index is 1020. The van der Waals surface area contributed by atoms with Gasteiger partial charge in [0.2, 0.25) is 5.95 Å². The number of hydrogen-bond donors (Lipinski definition) is 2. The predicted octanol–water partition coefficient (Wildman–Crippen LogP) is 3.88. The molecule has 0 amide bonds. The Hall–Kier alpha value is -3.03. The fourth-order valence-electron chi connectivity index (χ4n) is 3.48. The third kappa shape index (κ3) is 4.27. The third-order valence-electron chi connectivity index (χ3n) is 5.20. The van der Waals surface area contributed by atoms with Crippen LogP contribution >= 0.6 is 11.6 Å². The standard InChI is InChI=1S/C22H25ClN6O/c1-28-11-13-29(14-12-28)22-26-20(24)19(15-7-9-16(23)10-8-15)21(27-22)25-17-5-3-4-6-18(17)30-2/h3-10H,11-14H2,1-2H3,(H3,24,25,26,27). The summed E-state index contributed by atoms with van der Waals surface area (Å²) in [5, 5.41) is 4.07. The second-order valence-corrected chi connectivity index (χ2v) is 7.69. The van der Waals surface area contributed by atoms with Crippen molar-refractivity contribution in [3.63, 3.8) is 0 Å². The molecule has 1 aliphatic rings. The molecule has 1 fully saturated rings. The van der Waals surface area contributed by atoms with Gasteiger partial charge in [-0.05, 0) is 36.9 Å². The van der Waals surface area contributed by atoms with Gasteiger partial charge in [0.1, 0.15) is 17.4 Å². The van der Waals surface area contributed by atoms with Gasteiger partial charge in [-0.25, -0.2) is 0 Å². The van der Waals surface area contributed by atoms with Gasteiger partial charge in [-0.15, -0.1) is 0 Å². The molecule has 0 radical (unpaired) electrons. The molecule has 0 unspecified atom stereocenters. The molecular formula is C22H25ClN6O. The zero-order valence-corrected chi connectivity index (χ0v) is 17.9. The lowest BCUT2D eigenvalue weighted by molar-refractivity contribution is 0.311. The van der Waals surface area contributed by atoms with E-state index in [4.69, 9.17) is 27.1 Å². The molecule has 2 aromatic carbocycles. The number of methoxy groups -OCH3 is 1. The molecule has 0 bridgehead atoms. The number of anilines is 4. The van der Waals surface area contributed by atoms with Gasteiger partial charge in [0.15, 0.2) is 0 Å². The molecule has 1 aromatic heterocycles. The Labute approximate surface area is 181 Å². The molecule has 1 saturated heterocycles. The van der Waals surface area contributed by atoms with Crippen molar-refractivity contribution >= 4 is 34.9 Å². The van der Waals surface area contributed by atoms with Crippen molar-refractivity contribution in [2.24, 2.45) is 0 Å². The van der Waals surface area contributed by atoms with Crippen LogP contribution in [-0.4, -0.2) is 55.2 Å². The van der Waals surface area contributed by atoms with E-state index in [1.807, 2.05) is 48.5 Å². The lowest BCUT2D eigenvalue weighted by atomic mass is 10.1. The summed E-state index contributed by atoms with van der Waals surface area (Å²) < 4.78 is 5.50. The number of piperazine rings is 1. The highest BCUT2D eigenvalue weighted by atomic mass is 35.5. The number of likely N-dealkylation sites (N-methyl/N-ethyl adjacent to an activating group) is 1. The van der Waals surface area contributed by atoms with Crippen molar-refractivity contribution in [1.29, 1.82) is 0 Å². The average molecular weight is 425 g/mol. The number of para-hydroxylation sites is 2. The second-order valence-electron chi connectivity index (χ2n) is 7.25. The zero-order valence-electron chi connectivity index (χ0n) is 17.1. The Morgan fingerprint density at radius 2 is 1.70 bits per heavy atom. The van der Waals surface area contributed by atoms with Crippen LogP contribution in [0, 0.1) is 0 Å². The lowest BCUT2D eigenvalue weighted by Crippen LogP contribution is -2.45. The smallest absolute Gasteiger partial charge is 0.229 e. The normalized spacial score (nSPS) is 14.6. The van der Waals surface area contributed by atoms with Crippen LogP contribution in [0.3, 0.4) is 0 Å². The number of halogens is 1. The monoisotopic (exact) mass is 424 g/mol. The van der Waals surface area contributed by atoms with Crippen molar-refractivity contribution < 1.29 is 4.74 Å². The molecule has 0 aliphatic carbocycles. The van der Waals surface area contributed by atoms with E-state index >= 15 is 0 Å². The largest absolute Gasteiger partial charge is 0.495 e. The fraction of sp³-hybridized carbons (Fsp3) is 0.273. The molecule has 7 nitrogen and oxygen atoms in total. The van der Waals surface area contributed by atoms with Crippen LogP contribution in [0.2, 0.25) is 5.02 Å². The molecule has 0 atom stereocenters. The number of nitrogens with one attached hydrogen (secondary N) is 1. The summed E-state index contributed by atoms with van der Waals surface area (Å²) in [5.41, 5.74) is 8.88. The van der Waals surface area contributed by atoms with Crippen LogP contribution in [0.15, 0.2) is 48.5 Å². The molecule has 0 saturated carbocycles. The zero-order chi connectivity index (χ0) is 21.1.